The summed E-state index contributed by atoms with van der Waals surface area (Å²) in [7, 11) is 0. The molecule has 7 nitrogen and oxygen atoms in total. The molecule has 146 valence electrons. The van der Waals surface area contributed by atoms with E-state index < -0.39 is 0 Å². The Bertz CT molecular complexity index is 902. The van der Waals surface area contributed by atoms with Crippen LogP contribution in [0, 0.1) is 13.8 Å². The smallest absolute Gasteiger partial charge is 0.229 e. The molecule has 0 fully saturated rings. The van der Waals surface area contributed by atoms with Gasteiger partial charge in [-0.2, -0.15) is 0 Å². The van der Waals surface area contributed by atoms with Crippen LogP contribution >= 0.6 is 23.6 Å². The minimum Gasteiger partial charge on any atom is -0.467 e. The van der Waals surface area contributed by atoms with Crippen LogP contribution < -0.4 is 16.0 Å². The zero-order valence-corrected chi connectivity index (χ0v) is 17.4. The van der Waals surface area contributed by atoms with Crippen molar-refractivity contribution in [3.05, 3.63) is 64.0 Å². The molecule has 28 heavy (non-hydrogen) atoms. The van der Waals surface area contributed by atoms with Gasteiger partial charge in [0.05, 0.1) is 12.8 Å². The summed E-state index contributed by atoms with van der Waals surface area (Å²) in [6.45, 7) is 4.95. The fourth-order valence-corrected chi connectivity index (χ4v) is 3.33. The largest absolute Gasteiger partial charge is 0.467 e. The molecule has 3 N–H and O–H groups in total. The number of anilines is 1. The van der Waals surface area contributed by atoms with Crippen molar-refractivity contribution in [1.82, 2.24) is 20.6 Å². The van der Waals surface area contributed by atoms with Crippen molar-refractivity contribution in [2.45, 2.75) is 26.8 Å². The molecule has 0 aliphatic rings. The van der Waals surface area contributed by atoms with Gasteiger partial charge in [-0.3, -0.25) is 10.3 Å². The molecule has 0 saturated carbocycles. The minimum absolute atomic E-state index is 0.433. The minimum atomic E-state index is 0.433. The van der Waals surface area contributed by atoms with E-state index in [2.05, 4.69) is 42.4 Å². The zero-order valence-electron chi connectivity index (χ0n) is 15.7. The molecular formula is C19H22N6OS2. The van der Waals surface area contributed by atoms with Crippen molar-refractivity contribution in [1.29, 1.82) is 0 Å². The number of nitrogens with one attached hydrogen (secondary N) is 3. The van der Waals surface area contributed by atoms with Crippen LogP contribution in [0.25, 0.3) is 0 Å². The van der Waals surface area contributed by atoms with E-state index in [0.29, 0.717) is 30.1 Å². The summed E-state index contributed by atoms with van der Waals surface area (Å²) in [5.74, 6) is 1.78. The Kier molecular flexibility index (Phi) is 7.10. The van der Waals surface area contributed by atoms with Gasteiger partial charge in [-0.25, -0.2) is 9.97 Å². The Labute approximate surface area is 173 Å². The van der Waals surface area contributed by atoms with E-state index in [9.17, 15) is 0 Å². The first-order valence-corrected chi connectivity index (χ1v) is 10.1. The second-order valence-electron chi connectivity index (χ2n) is 6.05. The molecule has 3 aromatic heterocycles. The Morgan fingerprint density at radius 2 is 2.04 bits per heavy atom. The number of nitrogens with zero attached hydrogens (tertiary/aromatic N) is 3. The maximum atomic E-state index is 5.38. The second kappa shape index (κ2) is 9.95. The summed E-state index contributed by atoms with van der Waals surface area (Å²) < 4.78 is 5.30. The Hall–Kier alpha value is -2.78. The normalized spacial score (nSPS) is 11.3. The van der Waals surface area contributed by atoms with Crippen molar-refractivity contribution in [3.63, 3.8) is 0 Å². The number of hydrogen-bond donors (Lipinski definition) is 3. The van der Waals surface area contributed by atoms with E-state index in [-0.39, 0.29) is 0 Å². The molecule has 9 heteroatoms. The summed E-state index contributed by atoms with van der Waals surface area (Å²) in [4.78, 5) is 14.7. The molecule has 0 atom stereocenters. The van der Waals surface area contributed by atoms with E-state index in [1.165, 1.54) is 4.88 Å². The summed E-state index contributed by atoms with van der Waals surface area (Å²) in [5, 5.41) is 11.8. The van der Waals surface area contributed by atoms with Gasteiger partial charge in [0, 0.05) is 29.2 Å². The van der Waals surface area contributed by atoms with Crippen LogP contribution in [-0.2, 0) is 13.0 Å². The van der Waals surface area contributed by atoms with E-state index in [4.69, 9.17) is 16.6 Å². The highest BCUT2D eigenvalue weighted by Gasteiger charge is 2.07. The van der Waals surface area contributed by atoms with E-state index in [1.54, 1.807) is 17.6 Å². The van der Waals surface area contributed by atoms with Gasteiger partial charge in [0.15, 0.2) is 5.11 Å². The molecule has 0 spiro atoms. The maximum Gasteiger partial charge on any atom is 0.229 e. The molecule has 0 saturated heterocycles. The molecule has 0 aliphatic heterocycles. The quantitative estimate of drug-likeness (QED) is 0.324. The molecule has 3 rings (SSSR count). The number of aryl methyl sites for hydroxylation is 2. The van der Waals surface area contributed by atoms with Crippen LogP contribution in [0.2, 0.25) is 0 Å². The highest BCUT2D eigenvalue weighted by molar-refractivity contribution is 7.80. The average Bonchev–Trinajstić information content (AvgIpc) is 3.33. The number of aromatic nitrogens is 2. The Morgan fingerprint density at radius 1 is 1.21 bits per heavy atom. The zero-order chi connectivity index (χ0) is 19.8. The molecule has 0 amide bonds. The lowest BCUT2D eigenvalue weighted by Crippen LogP contribution is -2.42. The van der Waals surface area contributed by atoms with Gasteiger partial charge in [0.25, 0.3) is 0 Å². The number of hydrogen-bond acceptors (Lipinski definition) is 6. The van der Waals surface area contributed by atoms with Crippen LogP contribution in [0.3, 0.4) is 0 Å². The molecule has 3 heterocycles. The lowest BCUT2D eigenvalue weighted by molar-refractivity contribution is 0.503. The van der Waals surface area contributed by atoms with Crippen LogP contribution in [0.5, 0.6) is 0 Å². The van der Waals surface area contributed by atoms with Crippen LogP contribution in [0.1, 0.15) is 22.0 Å². The number of thiocarbonyl (C=S) groups is 1. The number of thiophene rings is 1. The van der Waals surface area contributed by atoms with Gasteiger partial charge in [-0.15, -0.1) is 11.3 Å². The summed E-state index contributed by atoms with van der Waals surface area (Å²) in [6, 6.07) is 9.78. The monoisotopic (exact) mass is 414 g/mol. The molecular weight excluding hydrogens is 392 g/mol. The van der Waals surface area contributed by atoms with Crippen molar-refractivity contribution >= 4 is 40.6 Å². The van der Waals surface area contributed by atoms with Crippen molar-refractivity contribution in [3.8, 4) is 0 Å². The second-order valence-corrected chi connectivity index (χ2v) is 7.49. The predicted molar refractivity (Wildman–Crippen MR) is 117 cm³/mol. The van der Waals surface area contributed by atoms with E-state index in [1.807, 2.05) is 38.1 Å². The topological polar surface area (TPSA) is 87.4 Å². The lowest BCUT2D eigenvalue weighted by atomic mass is 10.3. The SMILES string of the molecule is Cc1cc(C)nc(NC(=NCCc2cccs2)NC(=S)NCc2ccco2)n1. The first-order valence-electron chi connectivity index (χ1n) is 8.82. The van der Waals surface area contributed by atoms with Crippen molar-refractivity contribution < 1.29 is 4.42 Å². The molecule has 3 aromatic rings. The fraction of sp³-hybridized carbons (Fsp3) is 0.263. The number of guanidine groups is 1. The predicted octanol–water partition coefficient (Wildman–Crippen LogP) is 3.42. The van der Waals surface area contributed by atoms with Gasteiger partial charge in [0.1, 0.15) is 5.76 Å². The molecule has 0 radical (unpaired) electrons. The third kappa shape index (κ3) is 6.43. The van der Waals surface area contributed by atoms with Gasteiger partial charge in [0.2, 0.25) is 11.9 Å². The Balaban J connectivity index is 1.64. The third-order valence-corrected chi connectivity index (χ3v) is 4.84. The first kappa shape index (κ1) is 20.0. The van der Waals surface area contributed by atoms with Crippen LogP contribution in [0.15, 0.2) is 51.4 Å². The van der Waals surface area contributed by atoms with Gasteiger partial charge >= 0.3 is 0 Å². The van der Waals surface area contributed by atoms with Gasteiger partial charge in [-0.05, 0) is 55.7 Å². The summed E-state index contributed by atoms with van der Waals surface area (Å²) in [6.07, 6.45) is 2.48. The van der Waals surface area contributed by atoms with Crippen LogP contribution in [0.4, 0.5) is 5.95 Å². The van der Waals surface area contributed by atoms with Crippen LogP contribution in [-0.4, -0.2) is 27.6 Å². The van der Waals surface area contributed by atoms with Crippen molar-refractivity contribution in [2.24, 2.45) is 4.99 Å². The summed E-state index contributed by atoms with van der Waals surface area (Å²) in [5.41, 5.74) is 1.76. The number of rotatable bonds is 6. The average molecular weight is 415 g/mol. The molecule has 0 aliphatic carbocycles. The van der Waals surface area contributed by atoms with E-state index in [0.717, 1.165) is 23.6 Å². The maximum absolute atomic E-state index is 5.38. The van der Waals surface area contributed by atoms with Crippen molar-refractivity contribution in [2.75, 3.05) is 11.9 Å². The number of aliphatic imine (C=N–C) groups is 1. The van der Waals surface area contributed by atoms with E-state index >= 15 is 0 Å². The Morgan fingerprint density at radius 3 is 2.71 bits per heavy atom. The molecule has 0 unspecified atom stereocenters. The fourth-order valence-electron chi connectivity index (χ4n) is 2.46. The highest BCUT2D eigenvalue weighted by Crippen LogP contribution is 2.09. The number of furan rings is 1. The highest BCUT2D eigenvalue weighted by atomic mass is 32.1. The molecule has 0 bridgehead atoms. The lowest BCUT2D eigenvalue weighted by Gasteiger charge is -2.13. The summed E-state index contributed by atoms with van der Waals surface area (Å²) >= 11 is 7.10. The van der Waals surface area contributed by atoms with Gasteiger partial charge < -0.3 is 15.1 Å². The standard InChI is InChI=1S/C19H22N6OS2/c1-13-11-14(2)23-18(22-13)24-17(20-8-7-16-6-4-10-28-16)25-19(27)21-12-15-5-3-9-26-15/h3-6,9-11H,7-8,12H2,1-2H3,(H3,20,21,22,23,24,25,27). The first-order chi connectivity index (χ1) is 13.6. The van der Waals surface area contributed by atoms with Gasteiger partial charge in [-0.1, -0.05) is 6.07 Å². The third-order valence-electron chi connectivity index (χ3n) is 3.66. The molecule has 0 aromatic carbocycles.